The molecule has 1 heterocycles. The summed E-state index contributed by atoms with van der Waals surface area (Å²) in [6.07, 6.45) is 0.326. The summed E-state index contributed by atoms with van der Waals surface area (Å²) < 4.78 is 10.8. The van der Waals surface area contributed by atoms with Crippen LogP contribution in [-0.4, -0.2) is 47.5 Å². The number of benzene rings is 2. The maximum absolute atomic E-state index is 13.2. The van der Waals surface area contributed by atoms with E-state index in [9.17, 15) is 19.2 Å². The van der Waals surface area contributed by atoms with E-state index in [-0.39, 0.29) is 25.0 Å². The normalized spacial score (nSPS) is 14.4. The number of esters is 1. The second kappa shape index (κ2) is 11.4. The van der Waals surface area contributed by atoms with E-state index in [4.69, 9.17) is 9.47 Å². The molecule has 1 aliphatic rings. The highest BCUT2D eigenvalue weighted by molar-refractivity contribution is 6.00. The number of aryl methyl sites for hydroxylation is 2. The molecule has 2 aromatic rings. The molecule has 36 heavy (non-hydrogen) atoms. The summed E-state index contributed by atoms with van der Waals surface area (Å²) in [5, 5.41) is 2.65. The van der Waals surface area contributed by atoms with Crippen molar-refractivity contribution in [2.45, 2.75) is 65.6 Å². The van der Waals surface area contributed by atoms with E-state index < -0.39 is 23.6 Å². The molecule has 0 spiro atoms. The molecule has 3 amide bonds. The lowest BCUT2D eigenvalue weighted by molar-refractivity contribution is -0.142. The Bertz CT molecular complexity index is 1130. The van der Waals surface area contributed by atoms with Crippen LogP contribution in [0, 0.1) is 13.8 Å². The Morgan fingerprint density at radius 3 is 2.33 bits per heavy atom. The van der Waals surface area contributed by atoms with Gasteiger partial charge in [0.05, 0.1) is 11.5 Å². The fourth-order valence-corrected chi connectivity index (χ4v) is 4.03. The van der Waals surface area contributed by atoms with Gasteiger partial charge in [-0.25, -0.2) is 9.59 Å². The molecule has 1 saturated heterocycles. The molecule has 1 N–H and O–H groups in total. The van der Waals surface area contributed by atoms with Crippen LogP contribution in [0.15, 0.2) is 42.5 Å². The topological polar surface area (TPSA) is 102 Å². The Hall–Kier alpha value is -3.68. The molecular formula is C28H34N2O6. The molecule has 1 unspecified atom stereocenters. The van der Waals surface area contributed by atoms with Crippen LogP contribution in [-0.2, 0) is 25.7 Å². The largest absolute Gasteiger partial charge is 0.457 e. The maximum Gasteiger partial charge on any atom is 0.407 e. The molecule has 1 fully saturated rings. The zero-order valence-electron chi connectivity index (χ0n) is 21.6. The summed E-state index contributed by atoms with van der Waals surface area (Å²) in [4.78, 5) is 51.3. The van der Waals surface area contributed by atoms with Crippen molar-refractivity contribution >= 4 is 23.9 Å². The van der Waals surface area contributed by atoms with Gasteiger partial charge in [-0.1, -0.05) is 42.0 Å². The maximum atomic E-state index is 13.2. The molecule has 2 aromatic carbocycles. The minimum absolute atomic E-state index is 0.0153. The van der Waals surface area contributed by atoms with Crippen LogP contribution in [0.5, 0.6) is 0 Å². The highest BCUT2D eigenvalue weighted by atomic mass is 16.6. The van der Waals surface area contributed by atoms with E-state index in [1.807, 2.05) is 26.0 Å². The fraction of sp³-hybridized carbons (Fsp3) is 0.429. The van der Waals surface area contributed by atoms with Crippen LogP contribution in [0.4, 0.5) is 4.79 Å². The molecule has 0 saturated carbocycles. The lowest BCUT2D eigenvalue weighted by Crippen LogP contribution is -2.42. The number of rotatable bonds is 7. The molecule has 0 aromatic heterocycles. The van der Waals surface area contributed by atoms with Gasteiger partial charge in [0.1, 0.15) is 12.2 Å². The zero-order chi connectivity index (χ0) is 26.5. The Labute approximate surface area is 212 Å². The number of nitrogens with one attached hydrogen (secondary N) is 1. The first-order valence-corrected chi connectivity index (χ1v) is 12.1. The van der Waals surface area contributed by atoms with Crippen molar-refractivity contribution in [2.75, 3.05) is 13.1 Å². The molecule has 0 bridgehead atoms. The average molecular weight is 495 g/mol. The monoisotopic (exact) mass is 494 g/mol. The van der Waals surface area contributed by atoms with Crippen molar-refractivity contribution in [1.82, 2.24) is 10.2 Å². The Kier molecular flexibility index (Phi) is 8.50. The molecule has 1 atom stereocenters. The van der Waals surface area contributed by atoms with Gasteiger partial charge < -0.3 is 14.8 Å². The number of hydrogen-bond donors (Lipinski definition) is 1. The second-order valence-electron chi connectivity index (χ2n) is 10.1. The van der Waals surface area contributed by atoms with E-state index in [0.29, 0.717) is 30.5 Å². The van der Waals surface area contributed by atoms with Gasteiger partial charge in [0.25, 0.3) is 0 Å². The molecule has 192 valence electrons. The second-order valence-corrected chi connectivity index (χ2v) is 10.1. The summed E-state index contributed by atoms with van der Waals surface area (Å²) in [6, 6.07) is 12.6. The Morgan fingerprint density at radius 1 is 1.06 bits per heavy atom. The molecule has 8 heteroatoms. The van der Waals surface area contributed by atoms with Gasteiger partial charge in [0.2, 0.25) is 11.8 Å². The van der Waals surface area contributed by atoms with Gasteiger partial charge in [-0.05, 0) is 63.8 Å². The SMILES string of the molecule is Cc1ccc(C(=O)OCc2ccc(C(CNC(=O)OC(C)(C)C)C(=O)N3CCCC3=O)cc2)c(C)c1. The van der Waals surface area contributed by atoms with Crippen LogP contribution in [0.3, 0.4) is 0 Å². The van der Waals surface area contributed by atoms with E-state index in [2.05, 4.69) is 5.32 Å². The lowest BCUT2D eigenvalue weighted by Gasteiger charge is -2.24. The van der Waals surface area contributed by atoms with Crippen molar-refractivity contribution in [3.8, 4) is 0 Å². The average Bonchev–Trinajstić information content (AvgIpc) is 3.23. The summed E-state index contributed by atoms with van der Waals surface area (Å²) in [7, 11) is 0. The first-order chi connectivity index (χ1) is 16.9. The van der Waals surface area contributed by atoms with Gasteiger partial charge in [0, 0.05) is 19.5 Å². The smallest absolute Gasteiger partial charge is 0.407 e. The standard InChI is InChI=1S/C28H34N2O6/c1-18-8-13-22(19(2)15-18)26(33)35-17-20-9-11-21(12-10-20)23(16-29-27(34)36-28(3,4)5)25(32)30-14-6-7-24(30)31/h8-13,15,23H,6-7,14,16-17H2,1-5H3,(H,29,34). The van der Waals surface area contributed by atoms with Gasteiger partial charge in [0.15, 0.2) is 0 Å². The highest BCUT2D eigenvalue weighted by Crippen LogP contribution is 2.23. The quantitative estimate of drug-likeness (QED) is 0.572. The number of ether oxygens (including phenoxy) is 2. The minimum atomic E-state index is -0.758. The third kappa shape index (κ3) is 7.16. The van der Waals surface area contributed by atoms with Crippen LogP contribution >= 0.6 is 0 Å². The van der Waals surface area contributed by atoms with E-state index >= 15 is 0 Å². The number of hydrogen-bond acceptors (Lipinski definition) is 6. The van der Waals surface area contributed by atoms with Crippen molar-refractivity contribution in [3.05, 3.63) is 70.3 Å². The number of likely N-dealkylation sites (tertiary alicyclic amines) is 1. The summed E-state index contributed by atoms with van der Waals surface area (Å²) in [5.74, 6) is -1.73. The molecule has 3 rings (SSSR count). The number of carbonyl (C=O) groups excluding carboxylic acids is 4. The summed E-state index contributed by atoms with van der Waals surface area (Å²) in [5.41, 5.74) is 3.16. The van der Waals surface area contributed by atoms with E-state index in [1.165, 1.54) is 4.90 Å². The number of alkyl carbamates (subject to hydrolysis) is 1. The van der Waals surface area contributed by atoms with Crippen molar-refractivity contribution in [3.63, 3.8) is 0 Å². The van der Waals surface area contributed by atoms with Crippen molar-refractivity contribution < 1.29 is 28.7 Å². The third-order valence-corrected chi connectivity index (χ3v) is 5.84. The summed E-state index contributed by atoms with van der Waals surface area (Å²) in [6.45, 7) is 9.52. The number of carbonyl (C=O) groups is 4. The summed E-state index contributed by atoms with van der Waals surface area (Å²) >= 11 is 0. The van der Waals surface area contributed by atoms with Crippen LogP contribution in [0.1, 0.15) is 72.1 Å². The highest BCUT2D eigenvalue weighted by Gasteiger charge is 2.33. The van der Waals surface area contributed by atoms with Crippen LogP contribution < -0.4 is 5.32 Å². The predicted octanol–water partition coefficient (Wildman–Crippen LogP) is 4.42. The Balaban J connectivity index is 1.70. The van der Waals surface area contributed by atoms with E-state index in [1.54, 1.807) is 51.1 Å². The van der Waals surface area contributed by atoms with Crippen molar-refractivity contribution in [1.29, 1.82) is 0 Å². The molecule has 8 nitrogen and oxygen atoms in total. The van der Waals surface area contributed by atoms with Crippen LogP contribution in [0.2, 0.25) is 0 Å². The number of imide groups is 1. The molecule has 0 radical (unpaired) electrons. The number of nitrogens with zero attached hydrogens (tertiary/aromatic N) is 1. The zero-order valence-corrected chi connectivity index (χ0v) is 21.6. The van der Waals surface area contributed by atoms with Crippen LogP contribution in [0.25, 0.3) is 0 Å². The third-order valence-electron chi connectivity index (χ3n) is 5.84. The molecule has 0 aliphatic carbocycles. The lowest BCUT2D eigenvalue weighted by atomic mass is 9.96. The van der Waals surface area contributed by atoms with Gasteiger partial charge in [-0.15, -0.1) is 0 Å². The van der Waals surface area contributed by atoms with Gasteiger partial charge in [-0.3, -0.25) is 14.5 Å². The van der Waals surface area contributed by atoms with E-state index in [0.717, 1.165) is 16.7 Å². The predicted molar refractivity (Wildman–Crippen MR) is 134 cm³/mol. The molecule has 1 aliphatic heterocycles. The number of amides is 3. The van der Waals surface area contributed by atoms with Gasteiger partial charge in [-0.2, -0.15) is 0 Å². The van der Waals surface area contributed by atoms with Crippen molar-refractivity contribution in [2.24, 2.45) is 0 Å². The van der Waals surface area contributed by atoms with Gasteiger partial charge >= 0.3 is 12.1 Å². The first-order valence-electron chi connectivity index (χ1n) is 12.1. The minimum Gasteiger partial charge on any atom is -0.457 e. The molecular weight excluding hydrogens is 460 g/mol. The fourth-order valence-electron chi connectivity index (χ4n) is 4.03. The first kappa shape index (κ1) is 26.9. The Morgan fingerprint density at radius 2 is 1.75 bits per heavy atom.